The molecule has 1 unspecified atom stereocenters. The largest absolute Gasteiger partial charge is 0.481 e. The van der Waals surface area contributed by atoms with E-state index in [0.717, 1.165) is 18.4 Å². The standard InChI is InChI=1S/C12H17ClN2O2/c13-11-8-9(4-6-15-11)7-10(12(16)17)3-1-2-5-14/h4,6,8,10H,1-3,5,7,14H2,(H,16,17). The van der Waals surface area contributed by atoms with Crippen LogP contribution in [0.4, 0.5) is 0 Å². The molecule has 4 nitrogen and oxygen atoms in total. The van der Waals surface area contributed by atoms with Gasteiger partial charge >= 0.3 is 5.97 Å². The summed E-state index contributed by atoms with van der Waals surface area (Å²) in [6.07, 6.45) is 4.43. The number of nitrogens with two attached hydrogens (primary N) is 1. The molecular weight excluding hydrogens is 240 g/mol. The van der Waals surface area contributed by atoms with Gasteiger partial charge in [0.25, 0.3) is 0 Å². The normalized spacial score (nSPS) is 12.4. The highest BCUT2D eigenvalue weighted by molar-refractivity contribution is 6.29. The van der Waals surface area contributed by atoms with Crippen molar-refractivity contribution < 1.29 is 9.90 Å². The molecule has 0 bridgehead atoms. The van der Waals surface area contributed by atoms with Gasteiger partial charge in [0.1, 0.15) is 5.15 Å². The van der Waals surface area contributed by atoms with Gasteiger partial charge in [0, 0.05) is 6.20 Å². The molecular formula is C12H17ClN2O2. The third-order valence-electron chi connectivity index (χ3n) is 2.63. The molecule has 0 aliphatic rings. The molecule has 3 N–H and O–H groups in total. The van der Waals surface area contributed by atoms with Crippen LogP contribution in [0.15, 0.2) is 18.3 Å². The maximum Gasteiger partial charge on any atom is 0.306 e. The van der Waals surface area contributed by atoms with Gasteiger partial charge in [-0.3, -0.25) is 4.79 Å². The van der Waals surface area contributed by atoms with Crippen LogP contribution in [0.25, 0.3) is 0 Å². The van der Waals surface area contributed by atoms with Crippen LogP contribution >= 0.6 is 11.6 Å². The summed E-state index contributed by atoms with van der Waals surface area (Å²) in [6.45, 7) is 0.605. The molecule has 0 radical (unpaired) electrons. The maximum atomic E-state index is 11.1. The van der Waals surface area contributed by atoms with Crippen molar-refractivity contribution in [2.45, 2.75) is 25.7 Å². The number of unbranched alkanes of at least 4 members (excludes halogenated alkanes) is 1. The van der Waals surface area contributed by atoms with Crippen LogP contribution in [0.1, 0.15) is 24.8 Å². The molecule has 94 valence electrons. The van der Waals surface area contributed by atoms with Gasteiger partial charge in [-0.05, 0) is 43.5 Å². The number of pyridine rings is 1. The Morgan fingerprint density at radius 1 is 1.53 bits per heavy atom. The van der Waals surface area contributed by atoms with Crippen molar-refractivity contribution in [3.8, 4) is 0 Å². The minimum atomic E-state index is -0.769. The smallest absolute Gasteiger partial charge is 0.306 e. The van der Waals surface area contributed by atoms with E-state index in [1.807, 2.05) is 0 Å². The molecule has 5 heteroatoms. The summed E-state index contributed by atoms with van der Waals surface area (Å²) < 4.78 is 0. The van der Waals surface area contributed by atoms with Gasteiger partial charge in [-0.15, -0.1) is 0 Å². The Morgan fingerprint density at radius 2 is 2.29 bits per heavy atom. The van der Waals surface area contributed by atoms with Gasteiger partial charge in [0.05, 0.1) is 5.92 Å². The van der Waals surface area contributed by atoms with Crippen LogP contribution in [0, 0.1) is 5.92 Å². The topological polar surface area (TPSA) is 76.2 Å². The van der Waals surface area contributed by atoms with Crippen LogP contribution in [-0.4, -0.2) is 22.6 Å². The van der Waals surface area contributed by atoms with Crippen LogP contribution in [-0.2, 0) is 11.2 Å². The number of carboxylic acids is 1. The molecule has 1 heterocycles. The zero-order valence-electron chi connectivity index (χ0n) is 9.60. The molecule has 0 fully saturated rings. The Balaban J connectivity index is 2.57. The minimum Gasteiger partial charge on any atom is -0.481 e. The summed E-state index contributed by atoms with van der Waals surface area (Å²) in [7, 11) is 0. The predicted molar refractivity (Wildman–Crippen MR) is 67.0 cm³/mol. The number of halogens is 1. The lowest BCUT2D eigenvalue weighted by Gasteiger charge is -2.12. The van der Waals surface area contributed by atoms with E-state index in [-0.39, 0.29) is 5.92 Å². The Morgan fingerprint density at radius 3 is 2.88 bits per heavy atom. The fourth-order valence-electron chi connectivity index (χ4n) is 1.70. The van der Waals surface area contributed by atoms with Gasteiger partial charge in [0.2, 0.25) is 0 Å². The van der Waals surface area contributed by atoms with Crippen molar-refractivity contribution in [2.75, 3.05) is 6.54 Å². The Kier molecular flexibility index (Phi) is 5.94. The van der Waals surface area contributed by atoms with Gasteiger partial charge in [0.15, 0.2) is 0 Å². The minimum absolute atomic E-state index is 0.375. The molecule has 0 aliphatic carbocycles. The predicted octanol–water partition coefficient (Wildman–Crippen LogP) is 2.11. The highest BCUT2D eigenvalue weighted by atomic mass is 35.5. The summed E-state index contributed by atoms with van der Waals surface area (Å²) in [5.41, 5.74) is 6.30. The second-order valence-electron chi connectivity index (χ2n) is 4.01. The number of nitrogens with zero attached hydrogens (tertiary/aromatic N) is 1. The molecule has 0 amide bonds. The fraction of sp³-hybridized carbons (Fsp3) is 0.500. The Hall–Kier alpha value is -1.13. The van der Waals surface area contributed by atoms with E-state index < -0.39 is 5.97 Å². The molecule has 0 saturated heterocycles. The number of carboxylic acid groups (broad SMARTS) is 1. The average molecular weight is 257 g/mol. The summed E-state index contributed by atoms with van der Waals surface area (Å²) in [5.74, 6) is -1.14. The van der Waals surface area contributed by atoms with E-state index in [2.05, 4.69) is 4.98 Å². The van der Waals surface area contributed by atoms with Crippen molar-refractivity contribution in [2.24, 2.45) is 11.7 Å². The van der Waals surface area contributed by atoms with Crippen molar-refractivity contribution in [3.63, 3.8) is 0 Å². The number of hydrogen-bond donors (Lipinski definition) is 2. The lowest BCUT2D eigenvalue weighted by Crippen LogP contribution is -2.17. The van der Waals surface area contributed by atoms with Gasteiger partial charge < -0.3 is 10.8 Å². The van der Waals surface area contributed by atoms with Gasteiger partial charge in [-0.2, -0.15) is 0 Å². The fourth-order valence-corrected chi connectivity index (χ4v) is 1.90. The van der Waals surface area contributed by atoms with E-state index in [4.69, 9.17) is 22.4 Å². The van der Waals surface area contributed by atoms with Crippen molar-refractivity contribution in [1.82, 2.24) is 4.98 Å². The van der Waals surface area contributed by atoms with E-state index >= 15 is 0 Å². The molecule has 0 spiro atoms. The number of hydrogen-bond acceptors (Lipinski definition) is 3. The Bertz CT molecular complexity index is 371. The highest BCUT2D eigenvalue weighted by Crippen LogP contribution is 2.17. The second-order valence-corrected chi connectivity index (χ2v) is 4.40. The second kappa shape index (κ2) is 7.25. The van der Waals surface area contributed by atoms with Crippen LogP contribution in [0.3, 0.4) is 0 Å². The molecule has 1 atom stereocenters. The summed E-state index contributed by atoms with van der Waals surface area (Å²) in [6, 6.07) is 3.51. The third kappa shape index (κ3) is 5.15. The third-order valence-corrected chi connectivity index (χ3v) is 2.84. The first-order chi connectivity index (χ1) is 8.13. The van der Waals surface area contributed by atoms with Crippen molar-refractivity contribution in [3.05, 3.63) is 29.0 Å². The quantitative estimate of drug-likeness (QED) is 0.579. The van der Waals surface area contributed by atoms with E-state index in [0.29, 0.717) is 24.5 Å². The SMILES string of the molecule is NCCCCC(Cc1ccnc(Cl)c1)C(=O)O. The van der Waals surface area contributed by atoms with Gasteiger partial charge in [-0.25, -0.2) is 4.98 Å². The summed E-state index contributed by atoms with van der Waals surface area (Å²) in [5, 5.41) is 9.52. The lowest BCUT2D eigenvalue weighted by atomic mass is 9.95. The zero-order valence-corrected chi connectivity index (χ0v) is 10.4. The number of rotatable bonds is 7. The van der Waals surface area contributed by atoms with Crippen LogP contribution in [0.2, 0.25) is 5.15 Å². The number of aromatic nitrogens is 1. The maximum absolute atomic E-state index is 11.1. The molecule has 1 aromatic rings. The molecule has 17 heavy (non-hydrogen) atoms. The van der Waals surface area contributed by atoms with E-state index in [9.17, 15) is 4.79 Å². The first-order valence-electron chi connectivity index (χ1n) is 5.66. The van der Waals surface area contributed by atoms with E-state index in [1.165, 1.54) is 0 Å². The monoisotopic (exact) mass is 256 g/mol. The molecule has 0 aliphatic heterocycles. The molecule has 0 saturated carbocycles. The summed E-state index contributed by atoms with van der Waals surface area (Å²) in [4.78, 5) is 15.0. The Labute approximate surface area is 106 Å². The molecule has 1 aromatic heterocycles. The van der Waals surface area contributed by atoms with Crippen molar-refractivity contribution in [1.29, 1.82) is 0 Å². The summed E-state index contributed by atoms with van der Waals surface area (Å²) >= 11 is 5.76. The van der Waals surface area contributed by atoms with E-state index in [1.54, 1.807) is 18.3 Å². The average Bonchev–Trinajstić information content (AvgIpc) is 2.28. The number of aliphatic carboxylic acids is 1. The van der Waals surface area contributed by atoms with Crippen molar-refractivity contribution >= 4 is 17.6 Å². The molecule has 1 rings (SSSR count). The highest BCUT2D eigenvalue weighted by Gasteiger charge is 2.17. The van der Waals surface area contributed by atoms with Crippen LogP contribution in [0.5, 0.6) is 0 Å². The number of carbonyl (C=O) groups is 1. The molecule has 0 aromatic carbocycles. The zero-order chi connectivity index (χ0) is 12.7. The first kappa shape index (κ1) is 13.9. The van der Waals surface area contributed by atoms with Crippen LogP contribution < -0.4 is 5.73 Å². The van der Waals surface area contributed by atoms with Gasteiger partial charge in [-0.1, -0.05) is 18.0 Å². The first-order valence-corrected chi connectivity index (χ1v) is 6.04. The lowest BCUT2D eigenvalue weighted by molar-refractivity contribution is -0.142.